The number of nitrogens with one attached hydrogen (secondary N) is 3. The van der Waals surface area contributed by atoms with Crippen molar-refractivity contribution in [1.82, 2.24) is 24.9 Å². The molecule has 2 atom stereocenters. The van der Waals surface area contributed by atoms with Gasteiger partial charge in [-0.1, -0.05) is 61.3 Å². The third-order valence-corrected chi connectivity index (χ3v) is 10.9. The molecule has 4 rings (SSSR count). The maximum atomic E-state index is 11.6. The Balaban J connectivity index is 0.000000562. The van der Waals surface area contributed by atoms with Gasteiger partial charge in [-0.25, -0.2) is 31.5 Å². The molecule has 54 heavy (non-hydrogen) atoms. The molecular formula is C37H64N10O5S2. The number of benzene rings is 1. The summed E-state index contributed by atoms with van der Waals surface area (Å²) < 4.78 is 59.4. The van der Waals surface area contributed by atoms with Crippen molar-refractivity contribution in [2.24, 2.45) is 21.2 Å². The normalized spacial score (nSPS) is 18.5. The van der Waals surface area contributed by atoms with Crippen LogP contribution in [0.3, 0.4) is 0 Å². The van der Waals surface area contributed by atoms with Crippen LogP contribution in [0.15, 0.2) is 22.2 Å². The van der Waals surface area contributed by atoms with E-state index in [2.05, 4.69) is 92.6 Å². The molecule has 0 amide bonds. The van der Waals surface area contributed by atoms with Crippen LogP contribution in [0.5, 0.6) is 0 Å². The monoisotopic (exact) mass is 792 g/mol. The van der Waals surface area contributed by atoms with Crippen molar-refractivity contribution in [2.75, 3.05) is 43.1 Å². The summed E-state index contributed by atoms with van der Waals surface area (Å²) in [6, 6.07) is 4.18. The molecule has 0 fully saturated rings. The van der Waals surface area contributed by atoms with E-state index in [4.69, 9.17) is 20.8 Å². The molecular weight excluding hydrogens is 729 g/mol. The molecule has 0 spiro atoms. The first-order valence-corrected chi connectivity index (χ1v) is 22.5. The van der Waals surface area contributed by atoms with E-state index in [-0.39, 0.29) is 35.8 Å². The van der Waals surface area contributed by atoms with E-state index in [1.54, 1.807) is 0 Å². The van der Waals surface area contributed by atoms with Crippen LogP contribution >= 0.6 is 0 Å². The number of nitrogens with zero attached hydrogens (tertiary/aromatic N) is 6. The Morgan fingerprint density at radius 1 is 1.15 bits per heavy atom. The van der Waals surface area contributed by atoms with Crippen molar-refractivity contribution in [1.29, 1.82) is 0 Å². The standard InChI is InChI=1S/C28H43N7O5S2.C9H21N3/c1-17-13-22-20(18(2)15-28(7,8)34(22)11-10-12-42(38,39)40)14-21(17)30-23-24(27(4,5)6)32-35-26(23)31-25(33-35)19(3)16-29-41(9,36)37;1-3-5-7-11-9(10)12-8-6-4-2/h13-14,18-19,29H,10-12,15-16H2,1-9H3,(H,38,39,40);3-8H2,1-2H3,(H3,10,11,12). The number of nitrogens with two attached hydrogens (primary N) is 1. The van der Waals surface area contributed by atoms with E-state index in [0.717, 1.165) is 59.9 Å². The lowest BCUT2D eigenvalue weighted by Crippen LogP contribution is -2.78. The SMILES string of the molecule is CCCCNC(N)=[NH+]CCCC.Cc1cc2c(cc1N=C1C(C(C)(C)C)=Nn3nc(C(C)CNS(C)(=O)=O)nc31)C(C)CC(C)(C)N2CCCS(=O)(=O)[O-]. The minimum atomic E-state index is -4.28. The fourth-order valence-electron chi connectivity index (χ4n) is 6.52. The van der Waals surface area contributed by atoms with Crippen LogP contribution in [-0.4, -0.2) is 97.4 Å². The number of aryl methyl sites for hydroxylation is 1. The number of rotatable bonds is 15. The highest BCUT2D eigenvalue weighted by Crippen LogP contribution is 2.46. The van der Waals surface area contributed by atoms with Gasteiger partial charge in [0.2, 0.25) is 15.8 Å². The number of sulfonamides is 1. The Bertz CT molecular complexity index is 1910. The van der Waals surface area contributed by atoms with Gasteiger partial charge in [0.15, 0.2) is 5.82 Å². The summed E-state index contributed by atoms with van der Waals surface area (Å²) in [7, 11) is -7.63. The lowest BCUT2D eigenvalue weighted by molar-refractivity contribution is -0.461. The third-order valence-electron chi connectivity index (χ3n) is 9.44. The summed E-state index contributed by atoms with van der Waals surface area (Å²) in [6.45, 7) is 23.4. The zero-order chi connectivity index (χ0) is 40.6. The second kappa shape index (κ2) is 18.5. The molecule has 5 N–H and O–H groups in total. The lowest BCUT2D eigenvalue weighted by Gasteiger charge is -2.48. The minimum Gasteiger partial charge on any atom is -0.748 e. The van der Waals surface area contributed by atoms with E-state index < -0.39 is 25.9 Å². The molecule has 2 unspecified atom stereocenters. The highest BCUT2D eigenvalue weighted by molar-refractivity contribution is 7.88. The number of aromatic nitrogens is 3. The van der Waals surface area contributed by atoms with Crippen LogP contribution in [0.1, 0.15) is 135 Å². The Hall–Kier alpha value is -3.41. The van der Waals surface area contributed by atoms with E-state index in [1.165, 1.54) is 30.5 Å². The zero-order valence-corrected chi connectivity index (χ0v) is 35.8. The highest BCUT2D eigenvalue weighted by Gasteiger charge is 2.38. The maximum Gasteiger partial charge on any atom is 0.341 e. The van der Waals surface area contributed by atoms with Gasteiger partial charge in [0.1, 0.15) is 5.71 Å². The fourth-order valence-corrected chi connectivity index (χ4v) is 7.55. The topological polar surface area (TPSA) is 214 Å². The summed E-state index contributed by atoms with van der Waals surface area (Å²) >= 11 is 0. The van der Waals surface area contributed by atoms with Gasteiger partial charge in [-0.2, -0.15) is 5.10 Å². The van der Waals surface area contributed by atoms with E-state index in [9.17, 15) is 21.4 Å². The Morgan fingerprint density at radius 3 is 2.41 bits per heavy atom. The Kier molecular flexibility index (Phi) is 15.4. The summed E-state index contributed by atoms with van der Waals surface area (Å²) in [5.74, 6) is 1.26. The van der Waals surface area contributed by atoms with Crippen molar-refractivity contribution in [3.63, 3.8) is 0 Å². The third kappa shape index (κ3) is 12.8. The van der Waals surface area contributed by atoms with Gasteiger partial charge in [0, 0.05) is 41.4 Å². The summed E-state index contributed by atoms with van der Waals surface area (Å²) in [6.07, 6.45) is 6.99. The average molecular weight is 793 g/mol. The van der Waals surface area contributed by atoms with Crippen molar-refractivity contribution in [3.05, 3.63) is 34.9 Å². The molecule has 0 bridgehead atoms. The number of hydrogen-bond acceptors (Lipinski definition) is 10. The van der Waals surface area contributed by atoms with Crippen molar-refractivity contribution >= 4 is 48.9 Å². The van der Waals surface area contributed by atoms with E-state index >= 15 is 0 Å². The largest absolute Gasteiger partial charge is 0.748 e. The number of hydrogen-bond donors (Lipinski definition) is 4. The fraction of sp³-hybridized carbons (Fsp3) is 0.703. The minimum absolute atomic E-state index is 0.167. The molecule has 0 aliphatic carbocycles. The van der Waals surface area contributed by atoms with Gasteiger partial charge in [0.25, 0.3) is 0 Å². The predicted molar refractivity (Wildman–Crippen MR) is 217 cm³/mol. The molecule has 2 aromatic rings. The molecule has 1 aromatic heterocycles. The smallest absolute Gasteiger partial charge is 0.341 e. The second-order valence-corrected chi connectivity index (χ2v) is 19.6. The number of aliphatic imine (C=N–C) groups is 1. The van der Waals surface area contributed by atoms with Crippen LogP contribution in [0, 0.1) is 12.3 Å². The van der Waals surface area contributed by atoms with Crippen LogP contribution < -0.4 is 25.7 Å². The number of guanidine groups is 1. The van der Waals surface area contributed by atoms with Crippen LogP contribution in [0.25, 0.3) is 0 Å². The first-order chi connectivity index (χ1) is 25.0. The molecule has 304 valence electrons. The van der Waals surface area contributed by atoms with Crippen LogP contribution in [0.2, 0.25) is 0 Å². The predicted octanol–water partition coefficient (Wildman–Crippen LogP) is 3.22. The molecule has 0 saturated heterocycles. The van der Waals surface area contributed by atoms with Crippen molar-refractivity contribution in [2.45, 2.75) is 125 Å². The molecule has 17 heteroatoms. The first kappa shape index (κ1) is 45.0. The molecule has 3 heterocycles. The second-order valence-electron chi connectivity index (χ2n) is 16.2. The average Bonchev–Trinajstić information content (AvgIpc) is 3.61. The Labute approximate surface area is 323 Å². The van der Waals surface area contributed by atoms with Gasteiger partial charge in [0.05, 0.1) is 40.9 Å². The summed E-state index contributed by atoms with van der Waals surface area (Å²) in [5, 5.41) is 12.4. The molecule has 15 nitrogen and oxygen atoms in total. The number of anilines is 1. The van der Waals surface area contributed by atoms with Gasteiger partial charge in [-0.15, -0.1) is 9.89 Å². The van der Waals surface area contributed by atoms with Gasteiger partial charge < -0.3 is 9.45 Å². The van der Waals surface area contributed by atoms with Gasteiger partial charge in [-0.3, -0.25) is 16.0 Å². The van der Waals surface area contributed by atoms with E-state index in [1.807, 2.05) is 13.8 Å². The van der Waals surface area contributed by atoms with Crippen molar-refractivity contribution < 1.29 is 26.4 Å². The maximum absolute atomic E-state index is 11.6. The van der Waals surface area contributed by atoms with Crippen LogP contribution in [0.4, 0.5) is 11.4 Å². The highest BCUT2D eigenvalue weighted by atomic mass is 32.2. The number of fused-ring (bicyclic) bond motifs is 2. The summed E-state index contributed by atoms with van der Waals surface area (Å²) in [5.41, 5.74) is 10.3. The van der Waals surface area contributed by atoms with E-state index in [0.29, 0.717) is 23.9 Å². The Morgan fingerprint density at radius 2 is 1.81 bits per heavy atom. The van der Waals surface area contributed by atoms with Crippen molar-refractivity contribution in [3.8, 4) is 0 Å². The summed E-state index contributed by atoms with van der Waals surface area (Å²) in [4.78, 5) is 16.7. The number of unbranched alkanes of at least 4 members (excludes halogenated alkanes) is 2. The van der Waals surface area contributed by atoms with Gasteiger partial charge in [-0.05, 0) is 75.6 Å². The molecule has 0 saturated carbocycles. The molecule has 1 aromatic carbocycles. The van der Waals surface area contributed by atoms with Crippen LogP contribution in [-0.2, 0) is 20.1 Å². The van der Waals surface area contributed by atoms with Gasteiger partial charge >= 0.3 is 5.96 Å². The molecule has 2 aliphatic heterocycles. The lowest BCUT2D eigenvalue weighted by atomic mass is 9.79. The zero-order valence-electron chi connectivity index (χ0n) is 34.2. The first-order valence-electron chi connectivity index (χ1n) is 19.0. The molecule has 2 aliphatic rings. The molecule has 0 radical (unpaired) electrons. The quantitative estimate of drug-likeness (QED) is 0.0895.